The van der Waals surface area contributed by atoms with Crippen LogP contribution >= 0.6 is 0 Å². The van der Waals surface area contributed by atoms with Crippen molar-refractivity contribution in [3.05, 3.63) is 82.3 Å². The van der Waals surface area contributed by atoms with E-state index in [4.69, 9.17) is 30.8 Å². The third kappa shape index (κ3) is 7.62. The van der Waals surface area contributed by atoms with Crippen LogP contribution in [0, 0.1) is 6.57 Å². The second-order valence-corrected chi connectivity index (χ2v) is 12.5. The lowest BCUT2D eigenvalue weighted by Gasteiger charge is -2.41. The average molecular weight is 680 g/mol. The Morgan fingerprint density at radius 3 is 2.55 bits per heavy atom. The molecule has 0 radical (unpaired) electrons. The number of hydrogen-bond donors (Lipinski definition) is 0. The second-order valence-electron chi connectivity index (χ2n) is 12.5. The molecule has 0 saturated carbocycles. The molecule has 0 N–H and O–H groups in total. The lowest BCUT2D eigenvalue weighted by Crippen LogP contribution is -2.57. The highest BCUT2D eigenvalue weighted by molar-refractivity contribution is 5.69. The minimum absolute atomic E-state index is 0.0208. The molecular weight excluding hydrogens is 639 g/mol. The minimum atomic E-state index is -4.62. The molecule has 3 aliphatic heterocycles. The van der Waals surface area contributed by atoms with Crippen LogP contribution in [0.5, 0.6) is 11.8 Å². The molecule has 0 bridgehead atoms. The van der Waals surface area contributed by atoms with E-state index in [0.29, 0.717) is 50.7 Å². The van der Waals surface area contributed by atoms with Gasteiger partial charge in [-0.25, -0.2) is 11.4 Å². The maximum atomic E-state index is 14.3. The molecule has 260 valence electrons. The molecule has 11 nitrogen and oxygen atoms in total. The Kier molecular flexibility index (Phi) is 10.3. The van der Waals surface area contributed by atoms with Gasteiger partial charge in [0.05, 0.1) is 25.0 Å². The quantitative estimate of drug-likeness (QED) is 0.280. The van der Waals surface area contributed by atoms with Gasteiger partial charge in [0.15, 0.2) is 0 Å². The fraction of sp³-hybridized carbons (Fsp3) is 0.486. The van der Waals surface area contributed by atoms with Crippen LogP contribution in [0.3, 0.4) is 0 Å². The van der Waals surface area contributed by atoms with Crippen LogP contribution < -0.4 is 19.3 Å². The van der Waals surface area contributed by atoms with Gasteiger partial charge >= 0.3 is 18.3 Å². The van der Waals surface area contributed by atoms with E-state index in [1.165, 1.54) is 19.2 Å². The molecule has 2 fully saturated rings. The van der Waals surface area contributed by atoms with Crippen molar-refractivity contribution in [2.24, 2.45) is 0 Å². The fourth-order valence-corrected chi connectivity index (χ4v) is 6.87. The molecule has 2 aromatic carbocycles. The molecule has 3 aromatic rings. The lowest BCUT2D eigenvalue weighted by molar-refractivity contribution is -0.138. The van der Waals surface area contributed by atoms with Gasteiger partial charge in [-0.2, -0.15) is 23.1 Å². The van der Waals surface area contributed by atoms with E-state index >= 15 is 0 Å². The average Bonchev–Trinajstić information content (AvgIpc) is 3.53. The Bertz CT molecular complexity index is 1670. The van der Waals surface area contributed by atoms with E-state index < -0.39 is 23.9 Å². The van der Waals surface area contributed by atoms with E-state index in [1.54, 1.807) is 15.9 Å². The molecule has 0 aliphatic carbocycles. The van der Waals surface area contributed by atoms with Gasteiger partial charge in [0.2, 0.25) is 6.54 Å². The van der Waals surface area contributed by atoms with Crippen molar-refractivity contribution in [1.82, 2.24) is 19.8 Å². The molecule has 0 unspecified atom stereocenters. The lowest BCUT2D eigenvalue weighted by atomic mass is 10.0. The highest BCUT2D eigenvalue weighted by atomic mass is 19.4. The molecule has 1 amide bonds. The number of rotatable bonds is 9. The third-order valence-corrected chi connectivity index (χ3v) is 9.47. The molecule has 2 atom stereocenters. The van der Waals surface area contributed by atoms with E-state index in [9.17, 15) is 18.0 Å². The molecule has 0 spiro atoms. The highest BCUT2D eigenvalue weighted by Gasteiger charge is 2.40. The Balaban J connectivity index is 1.28. The van der Waals surface area contributed by atoms with Crippen molar-refractivity contribution in [2.75, 3.05) is 69.8 Å². The number of ether oxygens (including phenoxy) is 3. The number of fused-ring (bicyclic) bond motifs is 1. The van der Waals surface area contributed by atoms with Gasteiger partial charge in [0.1, 0.15) is 36.4 Å². The van der Waals surface area contributed by atoms with Crippen molar-refractivity contribution in [1.29, 1.82) is 0 Å². The van der Waals surface area contributed by atoms with E-state index in [2.05, 4.69) is 9.74 Å². The maximum Gasteiger partial charge on any atom is 0.421 e. The standard InChI is InChI=1S/C35H40F3N7O4/c1-39-19-26-20-44(17-18-45(26)34(46)49-22-24-9-5-4-6-10-24)32-27-14-16-43(29-12-7-13-30(47-3)31(29)35(36,37)38)21-28(27)40-33(41-32)48-23-25-11-8-15-42(25)2/h4-7,9-10,12-13,25-26H,8,11,14-23H2,2-3H3/t25-,26-/m0/s1. The van der Waals surface area contributed by atoms with Gasteiger partial charge in [0, 0.05) is 37.8 Å². The summed E-state index contributed by atoms with van der Waals surface area (Å²) in [5.74, 6) is 0.378. The van der Waals surface area contributed by atoms with Crippen LogP contribution in [0.2, 0.25) is 0 Å². The van der Waals surface area contributed by atoms with Crippen molar-refractivity contribution in [3.63, 3.8) is 0 Å². The number of aromatic nitrogens is 2. The zero-order chi connectivity index (χ0) is 34.5. The Hall–Kier alpha value is -4.77. The van der Waals surface area contributed by atoms with Crippen molar-refractivity contribution < 1.29 is 32.2 Å². The van der Waals surface area contributed by atoms with Gasteiger partial charge in [0.25, 0.3) is 0 Å². The van der Waals surface area contributed by atoms with Gasteiger partial charge < -0.3 is 33.8 Å². The van der Waals surface area contributed by atoms with Gasteiger partial charge in [-0.3, -0.25) is 4.90 Å². The number of carbonyl (C=O) groups is 1. The van der Waals surface area contributed by atoms with Crippen molar-refractivity contribution in [3.8, 4) is 11.8 Å². The van der Waals surface area contributed by atoms with Gasteiger partial charge in [-0.15, -0.1) is 0 Å². The smallest absolute Gasteiger partial charge is 0.421 e. The normalized spacial score (nSPS) is 19.7. The summed E-state index contributed by atoms with van der Waals surface area (Å²) in [4.78, 5) is 33.9. The van der Waals surface area contributed by atoms with Crippen LogP contribution in [0.1, 0.15) is 35.2 Å². The third-order valence-electron chi connectivity index (χ3n) is 9.47. The molecule has 6 rings (SSSR count). The summed E-state index contributed by atoms with van der Waals surface area (Å²) in [5, 5.41) is 0. The number of piperazine rings is 1. The number of benzene rings is 2. The summed E-state index contributed by atoms with van der Waals surface area (Å²) in [6.45, 7) is 10.6. The first-order valence-electron chi connectivity index (χ1n) is 16.4. The van der Waals surface area contributed by atoms with Crippen LogP contribution in [-0.4, -0.2) is 98.0 Å². The predicted molar refractivity (Wildman–Crippen MR) is 177 cm³/mol. The predicted octanol–water partition coefficient (Wildman–Crippen LogP) is 5.29. The van der Waals surface area contributed by atoms with E-state index in [1.807, 2.05) is 42.3 Å². The number of hydrogen-bond acceptors (Lipinski definition) is 9. The van der Waals surface area contributed by atoms with Crippen LogP contribution in [-0.2, 0) is 30.5 Å². The summed E-state index contributed by atoms with van der Waals surface area (Å²) in [7, 11) is 3.28. The number of methoxy groups -OCH3 is 1. The first-order valence-corrected chi connectivity index (χ1v) is 16.4. The monoisotopic (exact) mass is 679 g/mol. The van der Waals surface area contributed by atoms with Gasteiger partial charge in [-0.05, 0) is 50.6 Å². The molecule has 4 heterocycles. The number of alkyl halides is 3. The van der Waals surface area contributed by atoms with Crippen molar-refractivity contribution in [2.45, 2.75) is 50.7 Å². The maximum absolute atomic E-state index is 14.3. The number of amides is 1. The van der Waals surface area contributed by atoms with E-state index in [-0.39, 0.29) is 43.2 Å². The number of nitrogens with zero attached hydrogens (tertiary/aromatic N) is 7. The zero-order valence-corrected chi connectivity index (χ0v) is 27.7. The molecular formula is C35H40F3N7O4. The number of halogens is 3. The van der Waals surface area contributed by atoms with E-state index in [0.717, 1.165) is 30.5 Å². The number of likely N-dealkylation sites (N-methyl/N-ethyl adjacent to an activating group) is 1. The van der Waals surface area contributed by atoms with Crippen molar-refractivity contribution >= 4 is 17.6 Å². The Morgan fingerprint density at radius 2 is 1.84 bits per heavy atom. The summed E-state index contributed by atoms with van der Waals surface area (Å²) < 4.78 is 59.8. The Labute approximate surface area is 284 Å². The first-order chi connectivity index (χ1) is 23.7. The number of carbonyl (C=O) groups excluding carboxylic acids is 1. The molecule has 2 saturated heterocycles. The van der Waals surface area contributed by atoms with Crippen LogP contribution in [0.25, 0.3) is 4.85 Å². The molecule has 49 heavy (non-hydrogen) atoms. The largest absolute Gasteiger partial charge is 0.496 e. The summed E-state index contributed by atoms with van der Waals surface area (Å²) in [6, 6.07) is 13.6. The highest BCUT2D eigenvalue weighted by Crippen LogP contribution is 2.44. The summed E-state index contributed by atoms with van der Waals surface area (Å²) in [6.07, 6.45) is -2.67. The zero-order valence-electron chi connectivity index (χ0n) is 27.7. The SMILES string of the molecule is [C-]#[N+]C[C@H]1CN(c2nc(OC[C@@H]3CCCN3C)nc3c2CCN(c2cccc(OC)c2C(F)(F)F)C3)CCN1C(=O)OCc1ccccc1. The Morgan fingerprint density at radius 1 is 1.02 bits per heavy atom. The number of likely N-dealkylation sites (tertiary alicyclic amines) is 1. The molecule has 1 aromatic heterocycles. The summed E-state index contributed by atoms with van der Waals surface area (Å²) in [5.41, 5.74) is 1.46. The number of anilines is 2. The second kappa shape index (κ2) is 14.8. The minimum Gasteiger partial charge on any atom is -0.496 e. The topological polar surface area (TPSA) is 87.9 Å². The summed E-state index contributed by atoms with van der Waals surface area (Å²) >= 11 is 0. The molecule has 14 heteroatoms. The van der Waals surface area contributed by atoms with Crippen LogP contribution in [0.4, 0.5) is 29.5 Å². The fourth-order valence-electron chi connectivity index (χ4n) is 6.87. The van der Waals surface area contributed by atoms with Gasteiger partial charge in [-0.1, -0.05) is 36.4 Å². The van der Waals surface area contributed by atoms with Crippen LogP contribution in [0.15, 0.2) is 48.5 Å². The molecule has 3 aliphatic rings. The first kappa shape index (κ1) is 34.1.